The van der Waals surface area contributed by atoms with Gasteiger partial charge in [-0.15, -0.1) is 0 Å². The molecule has 0 aliphatic heterocycles. The summed E-state index contributed by atoms with van der Waals surface area (Å²) in [5.41, 5.74) is 2.24. The molecule has 1 aliphatic rings. The Morgan fingerprint density at radius 2 is 1.88 bits per heavy atom. The van der Waals surface area contributed by atoms with Crippen LogP contribution in [0.3, 0.4) is 0 Å². The van der Waals surface area contributed by atoms with E-state index < -0.39 is 17.9 Å². The summed E-state index contributed by atoms with van der Waals surface area (Å²) in [7, 11) is 0. The van der Waals surface area contributed by atoms with Gasteiger partial charge in [-0.2, -0.15) is 5.26 Å². The molecule has 1 aliphatic carbocycles. The first-order valence-electron chi connectivity index (χ1n) is 11.1. The van der Waals surface area contributed by atoms with Gasteiger partial charge in [-0.25, -0.2) is 0 Å². The molecule has 0 bridgehead atoms. The monoisotopic (exact) mass is 445 g/mol. The number of nitrogens with one attached hydrogen (secondary N) is 1. The highest BCUT2D eigenvalue weighted by Gasteiger charge is 2.44. The van der Waals surface area contributed by atoms with Crippen LogP contribution in [0.2, 0.25) is 0 Å². The number of rotatable bonds is 7. The van der Waals surface area contributed by atoms with Crippen molar-refractivity contribution in [3.8, 4) is 6.07 Å². The Labute approximate surface area is 193 Å². The number of nitriles is 1. The number of benzene rings is 1. The fourth-order valence-corrected chi connectivity index (χ4v) is 4.67. The zero-order chi connectivity index (χ0) is 23.4. The van der Waals surface area contributed by atoms with E-state index in [1.54, 1.807) is 12.3 Å². The summed E-state index contributed by atoms with van der Waals surface area (Å²) >= 11 is 0. The normalized spacial score (nSPS) is 14.6. The molecule has 0 atom stereocenters. The fraction of sp³-hybridized carbons (Fsp3) is 0.346. The summed E-state index contributed by atoms with van der Waals surface area (Å²) in [6.45, 7) is 3.68. The second-order valence-electron chi connectivity index (χ2n) is 8.49. The van der Waals surface area contributed by atoms with Crippen LogP contribution < -0.4 is 5.32 Å². The van der Waals surface area contributed by atoms with Gasteiger partial charge in [0.15, 0.2) is 6.61 Å². The number of hydrogen-bond acceptors (Lipinski definition) is 5. The maximum Gasteiger partial charge on any atom is 0.317 e. The maximum atomic E-state index is 13.1. The van der Waals surface area contributed by atoms with E-state index in [0.29, 0.717) is 36.5 Å². The van der Waals surface area contributed by atoms with Crippen molar-refractivity contribution in [3.63, 3.8) is 0 Å². The molecule has 1 amide bonds. The van der Waals surface area contributed by atoms with Gasteiger partial charge in [0.25, 0.3) is 5.91 Å². The molecular weight excluding hydrogens is 418 g/mol. The minimum atomic E-state index is -0.702. The zero-order valence-corrected chi connectivity index (χ0v) is 18.9. The Hall–Kier alpha value is -3.79. The lowest BCUT2D eigenvalue weighted by Gasteiger charge is -2.27. The van der Waals surface area contributed by atoms with Gasteiger partial charge < -0.3 is 19.0 Å². The van der Waals surface area contributed by atoms with Gasteiger partial charge in [-0.3, -0.25) is 9.59 Å². The number of aromatic nitrogens is 1. The maximum absolute atomic E-state index is 13.1. The summed E-state index contributed by atoms with van der Waals surface area (Å²) in [6, 6.07) is 15.4. The SMILES string of the molecule is Cc1c(C#N)c(NC(=O)COC(=O)C2(c3ccccc3)CCCC2)n(Cc2ccco2)c1C. The molecule has 1 aromatic carbocycles. The second kappa shape index (κ2) is 9.37. The first-order chi connectivity index (χ1) is 16.0. The van der Waals surface area contributed by atoms with Crippen LogP contribution in [0.15, 0.2) is 53.1 Å². The van der Waals surface area contributed by atoms with Crippen molar-refractivity contribution in [1.29, 1.82) is 5.26 Å². The molecule has 2 aromatic heterocycles. The largest absolute Gasteiger partial charge is 0.467 e. The molecule has 170 valence electrons. The van der Waals surface area contributed by atoms with Crippen LogP contribution >= 0.6 is 0 Å². The van der Waals surface area contributed by atoms with E-state index in [9.17, 15) is 14.9 Å². The number of anilines is 1. The summed E-state index contributed by atoms with van der Waals surface area (Å²) in [5, 5.41) is 12.5. The first kappa shape index (κ1) is 22.4. The molecule has 0 saturated heterocycles. The Morgan fingerprint density at radius 3 is 2.52 bits per heavy atom. The first-order valence-corrected chi connectivity index (χ1v) is 11.1. The van der Waals surface area contributed by atoms with Crippen LogP contribution in [-0.4, -0.2) is 23.1 Å². The van der Waals surface area contributed by atoms with Gasteiger partial charge in [-0.1, -0.05) is 43.2 Å². The van der Waals surface area contributed by atoms with Crippen molar-refractivity contribution in [2.45, 2.75) is 51.5 Å². The van der Waals surface area contributed by atoms with Crippen molar-refractivity contribution >= 4 is 17.7 Å². The molecule has 1 saturated carbocycles. The number of hydrogen-bond donors (Lipinski definition) is 1. The van der Waals surface area contributed by atoms with E-state index in [1.165, 1.54) is 0 Å². The predicted octanol–water partition coefficient (Wildman–Crippen LogP) is 4.61. The number of carbonyl (C=O) groups excluding carboxylic acids is 2. The molecule has 33 heavy (non-hydrogen) atoms. The third kappa shape index (κ3) is 4.29. The average Bonchev–Trinajstić information content (AvgIpc) is 3.57. The van der Waals surface area contributed by atoms with Gasteiger partial charge in [0.1, 0.15) is 17.6 Å². The van der Waals surface area contributed by atoms with E-state index in [2.05, 4.69) is 11.4 Å². The van der Waals surface area contributed by atoms with Crippen molar-refractivity contribution in [2.24, 2.45) is 0 Å². The summed E-state index contributed by atoms with van der Waals surface area (Å²) in [4.78, 5) is 25.9. The van der Waals surface area contributed by atoms with Crippen LogP contribution in [0.5, 0.6) is 0 Å². The molecule has 0 spiro atoms. The smallest absolute Gasteiger partial charge is 0.317 e. The van der Waals surface area contributed by atoms with E-state index in [1.807, 2.05) is 54.8 Å². The molecule has 7 nitrogen and oxygen atoms in total. The molecule has 0 radical (unpaired) electrons. The molecule has 1 fully saturated rings. The number of furan rings is 1. The summed E-state index contributed by atoms with van der Waals surface area (Å²) in [6.07, 6.45) is 4.89. The molecule has 1 N–H and O–H groups in total. The quantitative estimate of drug-likeness (QED) is 0.536. The van der Waals surface area contributed by atoms with Crippen LogP contribution in [0.25, 0.3) is 0 Å². The third-order valence-electron chi connectivity index (χ3n) is 6.60. The third-order valence-corrected chi connectivity index (χ3v) is 6.60. The van der Waals surface area contributed by atoms with Crippen LogP contribution in [0.1, 0.15) is 53.8 Å². The number of esters is 1. The lowest BCUT2D eigenvalue weighted by molar-refractivity contribution is -0.153. The molecule has 2 heterocycles. The van der Waals surface area contributed by atoms with Gasteiger partial charge in [-0.05, 0) is 49.9 Å². The van der Waals surface area contributed by atoms with Gasteiger partial charge in [0.05, 0.1) is 23.8 Å². The highest BCUT2D eigenvalue weighted by Crippen LogP contribution is 2.42. The van der Waals surface area contributed by atoms with Gasteiger partial charge in [0, 0.05) is 5.69 Å². The Morgan fingerprint density at radius 1 is 1.15 bits per heavy atom. The molecule has 0 unspecified atom stereocenters. The number of nitrogens with zero attached hydrogens (tertiary/aromatic N) is 2. The number of amides is 1. The van der Waals surface area contributed by atoms with E-state index in [-0.39, 0.29) is 5.97 Å². The molecular formula is C26H27N3O4. The minimum Gasteiger partial charge on any atom is -0.467 e. The number of carbonyl (C=O) groups is 2. The van der Waals surface area contributed by atoms with Crippen molar-refractivity contribution in [3.05, 3.63) is 76.9 Å². The summed E-state index contributed by atoms with van der Waals surface area (Å²) < 4.78 is 12.8. The lowest BCUT2D eigenvalue weighted by Crippen LogP contribution is -2.36. The molecule has 3 aromatic rings. The summed E-state index contributed by atoms with van der Waals surface area (Å²) in [5.74, 6) is 0.216. The zero-order valence-electron chi connectivity index (χ0n) is 18.9. The van der Waals surface area contributed by atoms with Crippen molar-refractivity contribution in [2.75, 3.05) is 11.9 Å². The van der Waals surface area contributed by atoms with Crippen LogP contribution in [0.4, 0.5) is 5.82 Å². The van der Waals surface area contributed by atoms with Crippen LogP contribution in [-0.2, 0) is 26.3 Å². The minimum absolute atomic E-state index is 0.369. The Kier molecular flexibility index (Phi) is 6.36. The van der Waals surface area contributed by atoms with E-state index >= 15 is 0 Å². The highest BCUT2D eigenvalue weighted by molar-refractivity contribution is 5.94. The van der Waals surface area contributed by atoms with Gasteiger partial charge in [0.2, 0.25) is 0 Å². The predicted molar refractivity (Wildman–Crippen MR) is 123 cm³/mol. The van der Waals surface area contributed by atoms with Crippen molar-refractivity contribution in [1.82, 2.24) is 4.57 Å². The lowest BCUT2D eigenvalue weighted by atomic mass is 9.79. The van der Waals surface area contributed by atoms with Gasteiger partial charge >= 0.3 is 5.97 Å². The number of ether oxygens (including phenoxy) is 1. The van der Waals surface area contributed by atoms with Crippen molar-refractivity contribution < 1.29 is 18.7 Å². The average molecular weight is 446 g/mol. The Balaban J connectivity index is 1.50. The molecule has 4 rings (SSSR count). The highest BCUT2D eigenvalue weighted by atomic mass is 16.5. The Bertz CT molecular complexity index is 1180. The topological polar surface area (TPSA) is 97.3 Å². The fourth-order valence-electron chi connectivity index (χ4n) is 4.67. The van der Waals surface area contributed by atoms with Crippen LogP contribution in [0, 0.1) is 25.2 Å². The molecule has 7 heteroatoms. The second-order valence-corrected chi connectivity index (χ2v) is 8.49. The van der Waals surface area contributed by atoms with E-state index in [0.717, 1.165) is 29.7 Å². The van der Waals surface area contributed by atoms with E-state index in [4.69, 9.17) is 9.15 Å². The standard InChI is InChI=1S/C26H27N3O4/c1-18-19(2)29(16-21-11-8-14-32-21)24(22(18)15-27)28-23(30)17-33-25(31)26(12-6-7-13-26)20-9-4-3-5-10-20/h3-5,8-11,14H,6-7,12-13,16-17H2,1-2H3,(H,28,30).